The number of nitrogens with one attached hydrogen (secondary N) is 1. The van der Waals surface area contributed by atoms with Crippen LogP contribution in [0.3, 0.4) is 0 Å². The van der Waals surface area contributed by atoms with Gasteiger partial charge in [0.05, 0.1) is 26.8 Å². The fourth-order valence-corrected chi connectivity index (χ4v) is 7.10. The maximum Gasteiger partial charge on any atom is 0.335 e. The molecule has 5 atom stereocenters. The molecule has 0 unspecified atom stereocenters. The molecule has 0 bridgehead atoms. The second-order valence-electron chi connectivity index (χ2n) is 8.50. The maximum absolute atomic E-state index is 14.8. The van der Waals surface area contributed by atoms with Crippen LogP contribution in [0.5, 0.6) is 0 Å². The van der Waals surface area contributed by atoms with Gasteiger partial charge in [-0.2, -0.15) is 0 Å². The summed E-state index contributed by atoms with van der Waals surface area (Å²) >= 11 is 8.38. The number of nitro groups is 1. The first-order valence-electron chi connectivity index (χ1n) is 10.8. The summed E-state index contributed by atoms with van der Waals surface area (Å²) in [7, 11) is 0. The van der Waals surface area contributed by atoms with E-state index in [4.69, 9.17) is 11.6 Å². The number of para-hydroxylation sites is 1. The van der Waals surface area contributed by atoms with Crippen molar-refractivity contribution in [3.8, 4) is 0 Å². The van der Waals surface area contributed by atoms with Gasteiger partial charge in [-0.15, -0.1) is 23.4 Å². The van der Waals surface area contributed by atoms with E-state index in [1.54, 1.807) is 48.5 Å². The molecule has 9 heteroatoms. The molecule has 2 N–H and O–H groups in total. The maximum atomic E-state index is 14.8. The van der Waals surface area contributed by atoms with E-state index in [1.807, 2.05) is 0 Å². The van der Waals surface area contributed by atoms with Gasteiger partial charge >= 0.3 is 5.97 Å². The van der Waals surface area contributed by atoms with E-state index in [0.29, 0.717) is 16.9 Å². The third kappa shape index (κ3) is 3.91. The quantitative estimate of drug-likeness (QED) is 0.238. The Labute approximate surface area is 204 Å². The van der Waals surface area contributed by atoms with Crippen LogP contribution in [0.15, 0.2) is 71.6 Å². The van der Waals surface area contributed by atoms with Crippen LogP contribution in [0.1, 0.15) is 39.9 Å². The number of nitrogens with zero attached hydrogens (tertiary/aromatic N) is 1. The van der Waals surface area contributed by atoms with E-state index in [1.165, 1.54) is 30.0 Å². The zero-order chi connectivity index (χ0) is 24.0. The van der Waals surface area contributed by atoms with E-state index >= 15 is 0 Å². The summed E-state index contributed by atoms with van der Waals surface area (Å²) in [5.41, 5.74) is 2.20. The van der Waals surface area contributed by atoms with Crippen molar-refractivity contribution in [2.24, 2.45) is 5.92 Å². The van der Waals surface area contributed by atoms with Crippen molar-refractivity contribution >= 4 is 40.7 Å². The molecule has 1 aliphatic carbocycles. The number of fused-ring (bicyclic) bond motifs is 3. The molecule has 0 spiro atoms. The molecule has 34 heavy (non-hydrogen) atoms. The number of thioether (sulfide) groups is 1. The zero-order valence-corrected chi connectivity index (χ0v) is 19.3. The van der Waals surface area contributed by atoms with Crippen molar-refractivity contribution in [2.45, 2.75) is 33.9 Å². The predicted octanol–water partition coefficient (Wildman–Crippen LogP) is 6.47. The van der Waals surface area contributed by atoms with E-state index in [0.717, 1.165) is 11.3 Å². The van der Waals surface area contributed by atoms with Gasteiger partial charge in [-0.3, -0.25) is 10.1 Å². The lowest BCUT2D eigenvalue weighted by Gasteiger charge is -2.38. The van der Waals surface area contributed by atoms with Crippen LogP contribution in [0.2, 0.25) is 0 Å². The highest BCUT2D eigenvalue weighted by Crippen LogP contribution is 2.58. The Bertz CT molecular complexity index is 1290. The van der Waals surface area contributed by atoms with Gasteiger partial charge in [-0.05, 0) is 48.2 Å². The van der Waals surface area contributed by atoms with Gasteiger partial charge in [0.25, 0.3) is 5.69 Å². The van der Waals surface area contributed by atoms with Gasteiger partial charge in [-0.25, -0.2) is 9.18 Å². The minimum Gasteiger partial charge on any atom is -0.478 e. The topological polar surface area (TPSA) is 92.5 Å². The van der Waals surface area contributed by atoms with E-state index in [-0.39, 0.29) is 40.2 Å². The summed E-state index contributed by atoms with van der Waals surface area (Å²) < 4.78 is 14.8. The van der Waals surface area contributed by atoms with Gasteiger partial charge in [0.15, 0.2) is 0 Å². The third-order valence-electron chi connectivity index (χ3n) is 6.64. The van der Waals surface area contributed by atoms with E-state index < -0.39 is 16.3 Å². The smallest absolute Gasteiger partial charge is 0.335 e. The lowest BCUT2D eigenvalue weighted by Crippen LogP contribution is -2.32. The van der Waals surface area contributed by atoms with Crippen molar-refractivity contribution in [1.82, 2.24) is 0 Å². The Balaban J connectivity index is 1.57. The zero-order valence-electron chi connectivity index (χ0n) is 17.7. The number of alkyl halides is 1. The molecule has 3 aromatic carbocycles. The van der Waals surface area contributed by atoms with Crippen molar-refractivity contribution < 1.29 is 19.2 Å². The molecule has 0 aromatic heterocycles. The standard InChI is InChI=1S/C25H20ClFN2O4S/c26-23-21(34-20-8-4-3-7-19(20)29(32)33)12-16-22(23)15-11-13(25(30)31)9-10-18(15)28-24(16)14-5-1-2-6-17(14)27/h1-11,16,21-24,28H,12H2,(H,30,31)/t16-,21+,22-,23+,24+/m0/s1. The number of hydrogen-bond donors (Lipinski definition) is 2. The van der Waals surface area contributed by atoms with Crippen LogP contribution in [-0.2, 0) is 0 Å². The average Bonchev–Trinajstić information content (AvgIpc) is 3.15. The number of aromatic carboxylic acids is 1. The Kier molecular flexibility index (Phi) is 5.95. The number of anilines is 1. The van der Waals surface area contributed by atoms with Gasteiger partial charge in [-0.1, -0.05) is 30.3 Å². The van der Waals surface area contributed by atoms with Crippen LogP contribution in [0.25, 0.3) is 0 Å². The van der Waals surface area contributed by atoms with Crippen LogP contribution in [-0.4, -0.2) is 26.6 Å². The first-order chi connectivity index (χ1) is 16.3. The monoisotopic (exact) mass is 498 g/mol. The summed E-state index contributed by atoms with van der Waals surface area (Å²) in [4.78, 5) is 23.3. The number of rotatable bonds is 5. The SMILES string of the molecule is O=C(O)c1ccc2c(c1)[C@@H]1[C@H](Cl)[C@H](Sc3ccccc3[N+](=O)[O-])C[C@@H]1[C@@H](c1ccccc1F)N2. The van der Waals surface area contributed by atoms with Crippen LogP contribution in [0, 0.1) is 21.8 Å². The normalized spacial score (nSPS) is 25.2. The summed E-state index contributed by atoms with van der Waals surface area (Å²) in [6.45, 7) is 0. The molecule has 2 aliphatic rings. The number of carboxylic acids is 1. The largest absolute Gasteiger partial charge is 0.478 e. The molecule has 1 saturated carbocycles. The number of halogens is 2. The molecule has 3 aromatic rings. The van der Waals surface area contributed by atoms with E-state index in [2.05, 4.69) is 5.32 Å². The van der Waals surface area contributed by atoms with Crippen molar-refractivity contribution in [2.75, 3.05) is 5.32 Å². The van der Waals surface area contributed by atoms with Gasteiger partial charge in [0, 0.05) is 28.5 Å². The minimum absolute atomic E-state index is 0.0172. The Morgan fingerprint density at radius 2 is 1.85 bits per heavy atom. The van der Waals surface area contributed by atoms with Gasteiger partial charge in [0.1, 0.15) is 5.82 Å². The molecule has 1 heterocycles. The molecule has 0 radical (unpaired) electrons. The van der Waals surface area contributed by atoms with Gasteiger partial charge in [0.2, 0.25) is 0 Å². The summed E-state index contributed by atoms with van der Waals surface area (Å²) in [5, 5.41) is 23.8. The molecule has 5 rings (SSSR count). The first kappa shape index (κ1) is 22.7. The van der Waals surface area contributed by atoms with Crippen molar-refractivity contribution in [3.63, 3.8) is 0 Å². The number of carbonyl (C=O) groups is 1. The Morgan fingerprint density at radius 1 is 1.12 bits per heavy atom. The lowest BCUT2D eigenvalue weighted by molar-refractivity contribution is -0.387. The highest BCUT2D eigenvalue weighted by atomic mass is 35.5. The summed E-state index contributed by atoms with van der Waals surface area (Å²) in [5.74, 6) is -1.74. The second-order valence-corrected chi connectivity index (χ2v) is 10.3. The van der Waals surface area contributed by atoms with E-state index in [9.17, 15) is 24.4 Å². The summed E-state index contributed by atoms with van der Waals surface area (Å²) in [6, 6.07) is 17.6. The Hall–Kier alpha value is -3.10. The molecule has 0 saturated heterocycles. The first-order valence-corrected chi connectivity index (χ1v) is 12.1. The molecule has 6 nitrogen and oxygen atoms in total. The van der Waals surface area contributed by atoms with Crippen LogP contribution in [0.4, 0.5) is 15.8 Å². The van der Waals surface area contributed by atoms with Crippen molar-refractivity contribution in [1.29, 1.82) is 0 Å². The van der Waals surface area contributed by atoms with Crippen LogP contribution >= 0.6 is 23.4 Å². The average molecular weight is 499 g/mol. The number of hydrogen-bond acceptors (Lipinski definition) is 5. The fraction of sp³-hybridized carbons (Fsp3) is 0.240. The third-order valence-corrected chi connectivity index (χ3v) is 8.75. The molecule has 0 amide bonds. The predicted molar refractivity (Wildman–Crippen MR) is 129 cm³/mol. The molecule has 1 fully saturated rings. The number of carboxylic acid groups (broad SMARTS) is 1. The Morgan fingerprint density at radius 3 is 2.59 bits per heavy atom. The second kappa shape index (κ2) is 8.92. The molecular weight excluding hydrogens is 479 g/mol. The molecule has 174 valence electrons. The highest BCUT2D eigenvalue weighted by molar-refractivity contribution is 8.00. The van der Waals surface area contributed by atoms with Crippen molar-refractivity contribution in [3.05, 3.63) is 99.4 Å². The molecule has 1 aliphatic heterocycles. The lowest BCUT2D eigenvalue weighted by atomic mass is 9.76. The molecular formula is C25H20ClFN2O4S. The van der Waals surface area contributed by atoms with Crippen LogP contribution < -0.4 is 5.32 Å². The minimum atomic E-state index is -1.04. The van der Waals surface area contributed by atoms with Gasteiger partial charge < -0.3 is 10.4 Å². The fourth-order valence-electron chi connectivity index (χ4n) is 5.15. The highest BCUT2D eigenvalue weighted by Gasteiger charge is 2.51. The number of nitro benzene ring substituents is 1. The number of benzene rings is 3. The summed E-state index contributed by atoms with van der Waals surface area (Å²) in [6.07, 6.45) is 0.582.